The van der Waals surface area contributed by atoms with Gasteiger partial charge >= 0.3 is 0 Å². The van der Waals surface area contributed by atoms with Crippen molar-refractivity contribution in [2.45, 2.75) is 17.7 Å². The summed E-state index contributed by atoms with van der Waals surface area (Å²) in [6, 6.07) is 26.9. The summed E-state index contributed by atoms with van der Waals surface area (Å²) in [6.07, 6.45) is 0.674. The summed E-state index contributed by atoms with van der Waals surface area (Å²) < 4.78 is 27.9. The maximum Gasteiger partial charge on any atom is 0.216 e. The van der Waals surface area contributed by atoms with E-state index >= 15 is 0 Å². The van der Waals surface area contributed by atoms with Crippen LogP contribution in [0.3, 0.4) is 0 Å². The molecule has 3 rings (SSSR count). The zero-order chi connectivity index (χ0) is 19.1. The van der Waals surface area contributed by atoms with Crippen molar-refractivity contribution in [3.8, 4) is 0 Å². The summed E-state index contributed by atoms with van der Waals surface area (Å²) in [5.74, 6) is -0.579. The Hall–Kier alpha value is -2.76. The normalized spacial score (nSPS) is 12.6. The van der Waals surface area contributed by atoms with Gasteiger partial charge in [-0.25, -0.2) is 13.1 Å². The zero-order valence-corrected chi connectivity index (χ0v) is 15.5. The molecule has 0 radical (unpaired) electrons. The van der Waals surface area contributed by atoms with E-state index in [-0.39, 0.29) is 5.75 Å². The van der Waals surface area contributed by atoms with Gasteiger partial charge in [-0.3, -0.25) is 0 Å². The van der Waals surface area contributed by atoms with Crippen molar-refractivity contribution in [1.29, 1.82) is 0 Å². The lowest BCUT2D eigenvalue weighted by molar-refractivity contribution is -0.109. The summed E-state index contributed by atoms with van der Waals surface area (Å²) in [7, 11) is -3.69. The highest BCUT2D eigenvalue weighted by atomic mass is 32.2. The number of hydrogen-bond acceptors (Lipinski definition) is 3. The number of benzene rings is 3. The van der Waals surface area contributed by atoms with Crippen LogP contribution < -0.4 is 4.72 Å². The molecule has 0 amide bonds. The Labute approximate surface area is 159 Å². The van der Waals surface area contributed by atoms with Crippen molar-refractivity contribution in [2.24, 2.45) is 0 Å². The van der Waals surface area contributed by atoms with Crippen molar-refractivity contribution in [2.75, 3.05) is 0 Å². The third-order valence-corrected chi connectivity index (χ3v) is 5.68. The maximum atomic E-state index is 12.7. The molecule has 3 aromatic rings. The average Bonchev–Trinajstić information content (AvgIpc) is 2.69. The molecule has 0 aliphatic rings. The Kier molecular flexibility index (Phi) is 6.16. The molecule has 0 spiro atoms. The van der Waals surface area contributed by atoms with Crippen LogP contribution in [0, 0.1) is 0 Å². The summed E-state index contributed by atoms with van der Waals surface area (Å²) >= 11 is 0. The molecule has 0 saturated heterocycles. The predicted molar refractivity (Wildman–Crippen MR) is 107 cm³/mol. The van der Waals surface area contributed by atoms with Gasteiger partial charge in [0.05, 0.1) is 11.8 Å². The second-order valence-electron chi connectivity index (χ2n) is 6.32. The number of nitrogens with one attached hydrogen (secondary N) is 1. The van der Waals surface area contributed by atoms with E-state index < -0.39 is 22.0 Å². The summed E-state index contributed by atoms with van der Waals surface area (Å²) in [6.45, 7) is 0. The first-order valence-electron chi connectivity index (χ1n) is 8.68. The molecule has 0 fully saturated rings. The fraction of sp³-hybridized carbons (Fsp3) is 0.136. The van der Waals surface area contributed by atoms with E-state index in [1.54, 1.807) is 24.3 Å². The molecule has 0 saturated carbocycles. The van der Waals surface area contributed by atoms with E-state index in [1.807, 2.05) is 66.7 Å². The third kappa shape index (κ3) is 5.12. The van der Waals surface area contributed by atoms with Gasteiger partial charge in [-0.2, -0.15) is 0 Å². The van der Waals surface area contributed by atoms with Crippen molar-refractivity contribution in [3.05, 3.63) is 108 Å². The van der Waals surface area contributed by atoms with E-state index in [9.17, 15) is 13.2 Å². The lowest BCUT2D eigenvalue weighted by Crippen LogP contribution is -2.41. The molecule has 4 nitrogen and oxygen atoms in total. The molecule has 1 atom stereocenters. The van der Waals surface area contributed by atoms with Gasteiger partial charge in [0, 0.05) is 5.92 Å². The van der Waals surface area contributed by atoms with Crippen LogP contribution in [0.15, 0.2) is 91.0 Å². The first kappa shape index (κ1) is 19.0. The molecule has 5 heteroatoms. The highest BCUT2D eigenvalue weighted by Gasteiger charge is 2.28. The number of aldehydes is 1. The lowest BCUT2D eigenvalue weighted by Gasteiger charge is -2.25. The van der Waals surface area contributed by atoms with E-state index in [1.165, 1.54) is 0 Å². The fourth-order valence-corrected chi connectivity index (χ4v) is 4.47. The number of carbonyl (C=O) groups excluding carboxylic acids is 1. The van der Waals surface area contributed by atoms with Gasteiger partial charge in [0.25, 0.3) is 0 Å². The van der Waals surface area contributed by atoms with Gasteiger partial charge in [0.15, 0.2) is 0 Å². The highest BCUT2D eigenvalue weighted by molar-refractivity contribution is 7.88. The lowest BCUT2D eigenvalue weighted by atomic mass is 9.86. The van der Waals surface area contributed by atoms with Crippen molar-refractivity contribution in [3.63, 3.8) is 0 Å². The first-order valence-corrected chi connectivity index (χ1v) is 10.3. The Morgan fingerprint density at radius 2 is 1.19 bits per heavy atom. The molecule has 1 N–H and O–H groups in total. The van der Waals surface area contributed by atoms with Gasteiger partial charge in [0.1, 0.15) is 6.29 Å². The van der Waals surface area contributed by atoms with E-state index in [0.29, 0.717) is 11.8 Å². The number of hydrogen-bond donors (Lipinski definition) is 1. The first-order chi connectivity index (χ1) is 13.1. The molecule has 0 aliphatic heterocycles. The van der Waals surface area contributed by atoms with E-state index in [2.05, 4.69) is 4.72 Å². The molecule has 3 aromatic carbocycles. The smallest absolute Gasteiger partial charge is 0.216 e. The highest BCUT2D eigenvalue weighted by Crippen LogP contribution is 2.28. The Morgan fingerprint density at radius 1 is 0.741 bits per heavy atom. The van der Waals surface area contributed by atoms with Crippen LogP contribution in [0.1, 0.15) is 22.6 Å². The maximum absolute atomic E-state index is 12.7. The Balaban J connectivity index is 1.91. The topological polar surface area (TPSA) is 63.2 Å². The van der Waals surface area contributed by atoms with Gasteiger partial charge in [-0.1, -0.05) is 91.0 Å². The average molecular weight is 379 g/mol. The van der Waals surface area contributed by atoms with E-state index in [4.69, 9.17) is 0 Å². The number of rotatable bonds is 8. The largest absolute Gasteiger partial charge is 0.302 e. The fourth-order valence-electron chi connectivity index (χ4n) is 3.14. The Morgan fingerprint density at radius 3 is 1.63 bits per heavy atom. The van der Waals surface area contributed by atoms with Gasteiger partial charge < -0.3 is 4.79 Å². The van der Waals surface area contributed by atoms with Gasteiger partial charge in [-0.15, -0.1) is 0 Å². The van der Waals surface area contributed by atoms with Crippen LogP contribution in [-0.2, 0) is 20.6 Å². The Bertz CT molecular complexity index is 919. The molecular weight excluding hydrogens is 358 g/mol. The van der Waals surface area contributed by atoms with Crippen LogP contribution in [0.2, 0.25) is 0 Å². The monoisotopic (exact) mass is 379 g/mol. The summed E-state index contributed by atoms with van der Waals surface area (Å²) in [5.41, 5.74) is 2.43. The van der Waals surface area contributed by atoms with Crippen LogP contribution in [0.4, 0.5) is 0 Å². The molecular formula is C22H21NO3S. The standard InChI is InChI=1S/C22H21NO3S/c24-16-21(23-27(25,26)17-18-10-4-1-5-11-18)22(19-12-6-2-7-13-19)20-14-8-3-9-15-20/h1-16,21-23H,17H2. The van der Waals surface area contributed by atoms with Crippen LogP contribution in [-0.4, -0.2) is 20.7 Å². The van der Waals surface area contributed by atoms with Crippen LogP contribution in [0.25, 0.3) is 0 Å². The number of sulfonamides is 1. The number of carbonyl (C=O) groups is 1. The van der Waals surface area contributed by atoms with E-state index in [0.717, 1.165) is 11.1 Å². The SMILES string of the molecule is O=CC(NS(=O)(=O)Cc1ccccc1)C(c1ccccc1)c1ccccc1. The molecule has 0 aromatic heterocycles. The van der Waals surface area contributed by atoms with Crippen LogP contribution in [0.5, 0.6) is 0 Å². The molecule has 0 bridgehead atoms. The van der Waals surface area contributed by atoms with Crippen molar-refractivity contribution < 1.29 is 13.2 Å². The zero-order valence-electron chi connectivity index (χ0n) is 14.7. The van der Waals surface area contributed by atoms with Crippen LogP contribution >= 0.6 is 0 Å². The molecule has 0 aliphatic carbocycles. The summed E-state index contributed by atoms with van der Waals surface area (Å²) in [5, 5.41) is 0. The molecule has 0 heterocycles. The minimum Gasteiger partial charge on any atom is -0.302 e. The molecule has 27 heavy (non-hydrogen) atoms. The second-order valence-corrected chi connectivity index (χ2v) is 8.08. The van der Waals surface area contributed by atoms with Crippen molar-refractivity contribution >= 4 is 16.3 Å². The van der Waals surface area contributed by atoms with Gasteiger partial charge in [-0.05, 0) is 16.7 Å². The third-order valence-electron chi connectivity index (χ3n) is 4.34. The minimum atomic E-state index is -3.69. The summed E-state index contributed by atoms with van der Waals surface area (Å²) in [4.78, 5) is 11.9. The molecule has 1 unspecified atom stereocenters. The van der Waals surface area contributed by atoms with Gasteiger partial charge in [0.2, 0.25) is 10.0 Å². The second kappa shape index (κ2) is 8.75. The molecule has 138 valence electrons. The minimum absolute atomic E-state index is 0.172. The predicted octanol–water partition coefficient (Wildman–Crippen LogP) is 3.51. The van der Waals surface area contributed by atoms with Crippen molar-refractivity contribution in [1.82, 2.24) is 4.72 Å². The quantitative estimate of drug-likeness (QED) is 0.609.